The highest BCUT2D eigenvalue weighted by Gasteiger charge is 2.29. The highest BCUT2D eigenvalue weighted by atomic mass is 32.2. The molecule has 0 fully saturated rings. The average molecular weight is 347 g/mol. The molecule has 0 aliphatic carbocycles. The van der Waals surface area contributed by atoms with E-state index in [-0.39, 0.29) is 5.75 Å². The van der Waals surface area contributed by atoms with Crippen molar-refractivity contribution in [1.29, 1.82) is 0 Å². The molecule has 0 aromatic heterocycles. The Morgan fingerprint density at radius 1 is 1.04 bits per heavy atom. The molecule has 6 heteroatoms. The van der Waals surface area contributed by atoms with Crippen molar-refractivity contribution in [3.8, 4) is 0 Å². The van der Waals surface area contributed by atoms with Gasteiger partial charge in [-0.2, -0.15) is 0 Å². The number of aliphatic carboxylic acids is 1. The van der Waals surface area contributed by atoms with Crippen LogP contribution >= 0.6 is 0 Å². The Kier molecular flexibility index (Phi) is 5.29. The minimum Gasteiger partial charge on any atom is -0.481 e. The molecule has 0 bridgehead atoms. The van der Waals surface area contributed by atoms with Gasteiger partial charge >= 0.3 is 5.97 Å². The van der Waals surface area contributed by atoms with E-state index < -0.39 is 21.4 Å². The Labute approximate surface area is 142 Å². The van der Waals surface area contributed by atoms with Crippen molar-refractivity contribution in [2.75, 3.05) is 10.5 Å². The number of sulfonamides is 1. The number of carbonyl (C=O) groups is 1. The highest BCUT2D eigenvalue weighted by Crippen LogP contribution is 2.25. The first-order valence-electron chi connectivity index (χ1n) is 7.59. The van der Waals surface area contributed by atoms with E-state index in [2.05, 4.69) is 4.72 Å². The summed E-state index contributed by atoms with van der Waals surface area (Å²) < 4.78 is 26.8. The van der Waals surface area contributed by atoms with Gasteiger partial charge in [-0.15, -0.1) is 0 Å². The summed E-state index contributed by atoms with van der Waals surface area (Å²) in [4.78, 5) is 11.2. The van der Waals surface area contributed by atoms with Crippen molar-refractivity contribution in [3.63, 3.8) is 0 Å². The lowest BCUT2D eigenvalue weighted by Gasteiger charge is -2.20. The summed E-state index contributed by atoms with van der Waals surface area (Å²) in [5.41, 5.74) is 0.974. The van der Waals surface area contributed by atoms with Gasteiger partial charge in [0.15, 0.2) is 0 Å². The molecule has 0 radical (unpaired) electrons. The van der Waals surface area contributed by atoms with Crippen LogP contribution in [0.2, 0.25) is 0 Å². The fourth-order valence-corrected chi connectivity index (χ4v) is 3.31. The monoisotopic (exact) mass is 347 g/mol. The standard InChI is InChI=1S/C18H21NO4S/c1-18(2,17(20)21)15-8-10-16(11-9-15)19-24(22,23)13-12-14-6-4-3-5-7-14/h3-11,19H,12-13H2,1-2H3,(H,20,21). The normalized spacial score (nSPS) is 11.9. The second-order valence-corrected chi connectivity index (χ2v) is 8.01. The smallest absolute Gasteiger partial charge is 0.313 e. The number of hydrogen-bond donors (Lipinski definition) is 2. The van der Waals surface area contributed by atoms with Crippen molar-refractivity contribution in [2.24, 2.45) is 0 Å². The average Bonchev–Trinajstić information content (AvgIpc) is 2.54. The number of carboxylic acid groups (broad SMARTS) is 1. The fraction of sp³-hybridized carbons (Fsp3) is 0.278. The number of rotatable bonds is 7. The summed E-state index contributed by atoms with van der Waals surface area (Å²) in [5, 5.41) is 9.22. The van der Waals surface area contributed by atoms with Gasteiger partial charge in [-0.1, -0.05) is 42.5 Å². The summed E-state index contributed by atoms with van der Waals surface area (Å²) in [6.07, 6.45) is 0.431. The van der Waals surface area contributed by atoms with Crippen LogP contribution in [0.25, 0.3) is 0 Å². The quantitative estimate of drug-likeness (QED) is 0.806. The molecule has 2 aromatic rings. The number of benzene rings is 2. The van der Waals surface area contributed by atoms with Crippen molar-refractivity contribution >= 4 is 21.7 Å². The van der Waals surface area contributed by atoms with Gasteiger partial charge in [-0.05, 0) is 43.5 Å². The van der Waals surface area contributed by atoms with Crippen LogP contribution in [-0.2, 0) is 26.7 Å². The van der Waals surface area contributed by atoms with Crippen LogP contribution in [0, 0.1) is 0 Å². The molecular formula is C18H21NO4S. The van der Waals surface area contributed by atoms with Gasteiger partial charge in [0.05, 0.1) is 11.2 Å². The molecule has 0 saturated carbocycles. The first kappa shape index (κ1) is 18.0. The van der Waals surface area contributed by atoms with Gasteiger partial charge in [-0.3, -0.25) is 9.52 Å². The van der Waals surface area contributed by atoms with Crippen molar-refractivity contribution in [2.45, 2.75) is 25.7 Å². The predicted octanol–water partition coefficient (Wildman–Crippen LogP) is 3.03. The van der Waals surface area contributed by atoms with Crippen molar-refractivity contribution in [3.05, 3.63) is 65.7 Å². The molecule has 2 N–H and O–H groups in total. The van der Waals surface area contributed by atoms with Gasteiger partial charge in [0, 0.05) is 5.69 Å². The number of aryl methyl sites for hydroxylation is 1. The molecule has 2 rings (SSSR count). The van der Waals surface area contributed by atoms with Gasteiger partial charge in [0.2, 0.25) is 10.0 Å². The maximum Gasteiger partial charge on any atom is 0.313 e. The summed E-state index contributed by atoms with van der Waals surface area (Å²) in [6, 6.07) is 15.8. The van der Waals surface area contributed by atoms with E-state index in [9.17, 15) is 18.3 Å². The third-order valence-corrected chi connectivity index (χ3v) is 5.21. The van der Waals surface area contributed by atoms with E-state index in [0.29, 0.717) is 17.7 Å². The number of hydrogen-bond acceptors (Lipinski definition) is 3. The molecule has 0 aliphatic heterocycles. The molecule has 0 spiro atoms. The lowest BCUT2D eigenvalue weighted by atomic mass is 9.85. The molecule has 24 heavy (non-hydrogen) atoms. The molecule has 2 aromatic carbocycles. The molecule has 0 heterocycles. The molecule has 0 atom stereocenters. The molecule has 0 amide bonds. The minimum absolute atomic E-state index is 0.0145. The SMILES string of the molecule is CC(C)(C(=O)O)c1ccc(NS(=O)(=O)CCc2ccccc2)cc1. The van der Waals surface area contributed by atoms with Crippen molar-refractivity contribution < 1.29 is 18.3 Å². The number of nitrogens with one attached hydrogen (secondary N) is 1. The third kappa shape index (κ3) is 4.58. The molecular weight excluding hydrogens is 326 g/mol. The van der Waals surface area contributed by atoms with Gasteiger partial charge in [0.25, 0.3) is 0 Å². The third-order valence-electron chi connectivity index (χ3n) is 3.92. The van der Waals surface area contributed by atoms with Crippen LogP contribution < -0.4 is 4.72 Å². The van der Waals surface area contributed by atoms with Gasteiger partial charge in [0.1, 0.15) is 0 Å². The number of anilines is 1. The zero-order valence-corrected chi connectivity index (χ0v) is 14.5. The Morgan fingerprint density at radius 2 is 1.62 bits per heavy atom. The molecule has 128 valence electrons. The van der Waals surface area contributed by atoms with Gasteiger partial charge < -0.3 is 5.11 Å². The topological polar surface area (TPSA) is 83.5 Å². The summed E-state index contributed by atoms with van der Waals surface area (Å²) >= 11 is 0. The Morgan fingerprint density at radius 3 is 2.17 bits per heavy atom. The molecule has 5 nitrogen and oxygen atoms in total. The summed E-state index contributed by atoms with van der Waals surface area (Å²) in [7, 11) is -3.46. The number of carboxylic acids is 1. The van der Waals surface area contributed by atoms with Crippen molar-refractivity contribution in [1.82, 2.24) is 0 Å². The summed E-state index contributed by atoms with van der Waals surface area (Å²) in [6.45, 7) is 3.21. The van der Waals surface area contributed by atoms with Gasteiger partial charge in [-0.25, -0.2) is 8.42 Å². The maximum absolute atomic E-state index is 12.2. The van der Waals surface area contributed by atoms with Crippen LogP contribution in [-0.4, -0.2) is 25.2 Å². The lowest BCUT2D eigenvalue weighted by Crippen LogP contribution is -2.28. The second-order valence-electron chi connectivity index (χ2n) is 6.16. The minimum atomic E-state index is -3.46. The Hall–Kier alpha value is -2.34. The van der Waals surface area contributed by atoms with E-state index in [1.54, 1.807) is 38.1 Å². The molecule has 0 saturated heterocycles. The van der Waals surface area contributed by atoms with Crippen LogP contribution in [0.1, 0.15) is 25.0 Å². The second kappa shape index (κ2) is 7.05. The van der Waals surface area contributed by atoms with Crippen LogP contribution in [0.5, 0.6) is 0 Å². The predicted molar refractivity (Wildman–Crippen MR) is 94.7 cm³/mol. The van der Waals surface area contributed by atoms with E-state index >= 15 is 0 Å². The Balaban J connectivity index is 2.03. The van der Waals surface area contributed by atoms with Crippen LogP contribution in [0.15, 0.2) is 54.6 Å². The first-order valence-corrected chi connectivity index (χ1v) is 9.24. The Bertz CT molecular complexity index is 797. The largest absolute Gasteiger partial charge is 0.481 e. The molecule has 0 unspecified atom stereocenters. The highest BCUT2D eigenvalue weighted by molar-refractivity contribution is 7.92. The zero-order chi connectivity index (χ0) is 17.8. The molecule has 0 aliphatic rings. The van der Waals surface area contributed by atoms with E-state index in [4.69, 9.17) is 0 Å². The first-order chi connectivity index (χ1) is 11.2. The summed E-state index contributed by atoms with van der Waals surface area (Å²) in [5.74, 6) is -0.946. The van der Waals surface area contributed by atoms with E-state index in [1.807, 2.05) is 30.3 Å². The lowest BCUT2D eigenvalue weighted by molar-refractivity contribution is -0.142. The maximum atomic E-state index is 12.2. The van der Waals surface area contributed by atoms with E-state index in [0.717, 1.165) is 5.56 Å². The zero-order valence-electron chi connectivity index (χ0n) is 13.7. The van der Waals surface area contributed by atoms with E-state index in [1.165, 1.54) is 0 Å². The fourth-order valence-electron chi connectivity index (χ4n) is 2.21. The van der Waals surface area contributed by atoms with Crippen LogP contribution in [0.3, 0.4) is 0 Å². The van der Waals surface area contributed by atoms with Crippen LogP contribution in [0.4, 0.5) is 5.69 Å².